The van der Waals surface area contributed by atoms with Crippen molar-refractivity contribution in [2.75, 3.05) is 25.0 Å². The van der Waals surface area contributed by atoms with E-state index in [1.165, 1.54) is 11.1 Å². The van der Waals surface area contributed by atoms with Crippen LogP contribution in [0.4, 0.5) is 5.69 Å². The molecule has 0 radical (unpaired) electrons. The first-order valence-electron chi connectivity index (χ1n) is 8.71. The van der Waals surface area contributed by atoms with Gasteiger partial charge in [-0.15, -0.1) is 0 Å². The van der Waals surface area contributed by atoms with Gasteiger partial charge in [-0.25, -0.2) is 0 Å². The number of likely N-dealkylation sites (tertiary alicyclic amines) is 1. The van der Waals surface area contributed by atoms with Crippen LogP contribution in [-0.4, -0.2) is 37.0 Å². The Balaban J connectivity index is 1.75. The maximum Gasteiger partial charge on any atom is 0.258 e. The molecule has 25 heavy (non-hydrogen) atoms. The summed E-state index contributed by atoms with van der Waals surface area (Å²) in [7, 11) is 2.15. The van der Waals surface area contributed by atoms with E-state index in [-0.39, 0.29) is 11.9 Å². The minimum atomic E-state index is 0.0339. The minimum absolute atomic E-state index is 0.0339. The number of rotatable bonds is 1. The summed E-state index contributed by atoms with van der Waals surface area (Å²) in [5.74, 6) is 0.405. The van der Waals surface area contributed by atoms with Crippen molar-refractivity contribution in [3.05, 3.63) is 64.7 Å². The molecular formula is C21H21N3O. The lowest BCUT2D eigenvalue weighted by Gasteiger charge is -2.36. The molecule has 2 heterocycles. The molecular weight excluding hydrogens is 310 g/mol. The Hall–Kier alpha value is -2.64. The molecule has 1 amide bonds. The number of fused-ring (bicyclic) bond motifs is 3. The van der Waals surface area contributed by atoms with Crippen LogP contribution < -0.4 is 4.90 Å². The maximum atomic E-state index is 13.3. The molecule has 0 saturated carbocycles. The van der Waals surface area contributed by atoms with Crippen molar-refractivity contribution in [2.45, 2.75) is 25.3 Å². The molecule has 1 fully saturated rings. The Bertz CT molecular complexity index is 866. The monoisotopic (exact) mass is 331 g/mol. The summed E-state index contributed by atoms with van der Waals surface area (Å²) >= 11 is 0. The zero-order chi connectivity index (χ0) is 17.6. The van der Waals surface area contributed by atoms with Gasteiger partial charge < -0.3 is 9.80 Å². The number of carbonyl (C=O) groups excluding carboxylic acids is 1. The van der Waals surface area contributed by atoms with Crippen molar-refractivity contribution in [3.63, 3.8) is 0 Å². The molecule has 4 rings (SSSR count). The molecule has 2 aromatic carbocycles. The van der Waals surface area contributed by atoms with Crippen LogP contribution in [0.5, 0.6) is 0 Å². The van der Waals surface area contributed by atoms with Crippen molar-refractivity contribution in [1.82, 2.24) is 4.90 Å². The molecule has 2 aromatic rings. The van der Waals surface area contributed by atoms with Crippen molar-refractivity contribution >= 4 is 11.6 Å². The Kier molecular flexibility index (Phi) is 3.82. The molecule has 0 spiro atoms. The third-order valence-corrected chi connectivity index (χ3v) is 5.43. The predicted molar refractivity (Wildman–Crippen MR) is 97.8 cm³/mol. The van der Waals surface area contributed by atoms with Gasteiger partial charge in [0.2, 0.25) is 0 Å². The number of hydrogen-bond donors (Lipinski definition) is 0. The average Bonchev–Trinajstić information content (AvgIpc) is 2.94. The summed E-state index contributed by atoms with van der Waals surface area (Å²) < 4.78 is 0. The van der Waals surface area contributed by atoms with Crippen LogP contribution >= 0.6 is 0 Å². The number of nitriles is 1. The highest BCUT2D eigenvalue weighted by atomic mass is 16.2. The molecule has 126 valence electrons. The zero-order valence-corrected chi connectivity index (χ0v) is 14.6. The van der Waals surface area contributed by atoms with Crippen LogP contribution in [0, 0.1) is 18.3 Å². The quantitative estimate of drug-likeness (QED) is 0.805. The van der Waals surface area contributed by atoms with Crippen LogP contribution in [0.3, 0.4) is 0 Å². The van der Waals surface area contributed by atoms with Crippen LogP contribution in [0.2, 0.25) is 0 Å². The number of nitrogens with zero attached hydrogens (tertiary/aromatic N) is 3. The van der Waals surface area contributed by atoms with E-state index in [0.717, 1.165) is 25.2 Å². The maximum absolute atomic E-state index is 13.3. The number of likely N-dealkylation sites (N-methyl/N-ethyl adjacent to an activating group) is 1. The Morgan fingerprint density at radius 3 is 2.68 bits per heavy atom. The third-order valence-electron chi connectivity index (χ3n) is 5.43. The average molecular weight is 331 g/mol. The number of hydrogen-bond acceptors (Lipinski definition) is 3. The smallest absolute Gasteiger partial charge is 0.258 e. The molecule has 0 bridgehead atoms. The van der Waals surface area contributed by atoms with Crippen molar-refractivity contribution in [1.29, 1.82) is 5.26 Å². The van der Waals surface area contributed by atoms with Gasteiger partial charge in [-0.05, 0) is 62.8 Å². The number of aryl methyl sites for hydroxylation is 1. The van der Waals surface area contributed by atoms with Gasteiger partial charge >= 0.3 is 0 Å². The number of anilines is 1. The van der Waals surface area contributed by atoms with E-state index >= 15 is 0 Å². The highest BCUT2D eigenvalue weighted by Gasteiger charge is 2.44. The van der Waals surface area contributed by atoms with Gasteiger partial charge in [0.1, 0.15) is 0 Å². The lowest BCUT2D eigenvalue weighted by molar-refractivity contribution is 0.0964. The standard InChI is InChI=1S/C21H21N3O/c1-14-3-8-19-17(11-14)18-13-23(2)10-9-20(18)24(19)21(25)16-6-4-15(12-22)5-7-16/h3-8,11,18,20H,9-10,13H2,1-2H3/t18-,20+/m0/s1. The molecule has 0 aliphatic carbocycles. The summed E-state index contributed by atoms with van der Waals surface area (Å²) in [6, 6.07) is 15.7. The minimum Gasteiger partial charge on any atom is -0.306 e. The fraction of sp³-hybridized carbons (Fsp3) is 0.333. The number of carbonyl (C=O) groups is 1. The van der Waals surface area contributed by atoms with Crippen LogP contribution in [0.25, 0.3) is 0 Å². The predicted octanol–water partition coefficient (Wildman–Crippen LogP) is 3.31. The highest BCUT2D eigenvalue weighted by Crippen LogP contribution is 2.45. The fourth-order valence-corrected chi connectivity index (χ4v) is 4.17. The lowest BCUT2D eigenvalue weighted by atomic mass is 9.88. The van der Waals surface area contributed by atoms with Gasteiger partial charge in [0.15, 0.2) is 0 Å². The van der Waals surface area contributed by atoms with E-state index in [0.29, 0.717) is 17.0 Å². The molecule has 4 heteroatoms. The molecule has 2 atom stereocenters. The summed E-state index contributed by atoms with van der Waals surface area (Å²) in [5.41, 5.74) is 4.79. The van der Waals surface area contributed by atoms with Crippen LogP contribution in [0.1, 0.15) is 39.4 Å². The number of amides is 1. The van der Waals surface area contributed by atoms with Gasteiger partial charge in [0.25, 0.3) is 5.91 Å². The van der Waals surface area contributed by atoms with E-state index in [4.69, 9.17) is 5.26 Å². The second kappa shape index (κ2) is 6.02. The molecule has 1 saturated heterocycles. The van der Waals surface area contributed by atoms with Crippen LogP contribution in [0.15, 0.2) is 42.5 Å². The molecule has 0 unspecified atom stereocenters. The van der Waals surface area contributed by atoms with Gasteiger partial charge in [-0.1, -0.05) is 17.7 Å². The van der Waals surface area contributed by atoms with Crippen molar-refractivity contribution < 1.29 is 4.79 Å². The first-order valence-corrected chi connectivity index (χ1v) is 8.71. The molecule has 2 aliphatic heterocycles. The number of piperidine rings is 1. The SMILES string of the molecule is Cc1ccc2c(c1)[C@@H]1CN(C)CC[C@H]1N2C(=O)c1ccc(C#N)cc1. The topological polar surface area (TPSA) is 47.3 Å². The molecule has 0 N–H and O–H groups in total. The highest BCUT2D eigenvalue weighted by molar-refractivity contribution is 6.08. The third kappa shape index (κ3) is 2.61. The zero-order valence-electron chi connectivity index (χ0n) is 14.6. The van der Waals surface area contributed by atoms with Crippen molar-refractivity contribution in [3.8, 4) is 6.07 Å². The van der Waals surface area contributed by atoms with E-state index < -0.39 is 0 Å². The molecule has 2 aliphatic rings. The van der Waals surface area contributed by atoms with E-state index in [2.05, 4.69) is 43.1 Å². The molecule has 4 nitrogen and oxygen atoms in total. The van der Waals surface area contributed by atoms with Crippen LogP contribution in [-0.2, 0) is 0 Å². The van der Waals surface area contributed by atoms with Gasteiger partial charge in [-0.2, -0.15) is 5.26 Å². The summed E-state index contributed by atoms with van der Waals surface area (Å²) in [5, 5.41) is 8.96. The Morgan fingerprint density at radius 1 is 1.20 bits per heavy atom. The first-order chi connectivity index (χ1) is 12.1. The lowest BCUT2D eigenvalue weighted by Crippen LogP contribution is -2.47. The van der Waals surface area contributed by atoms with Gasteiger partial charge in [0.05, 0.1) is 11.6 Å². The second-order valence-electron chi connectivity index (χ2n) is 7.15. The normalized spacial score (nSPS) is 22.2. The summed E-state index contributed by atoms with van der Waals surface area (Å²) in [4.78, 5) is 17.6. The summed E-state index contributed by atoms with van der Waals surface area (Å²) in [6.07, 6.45) is 0.983. The fourth-order valence-electron chi connectivity index (χ4n) is 4.17. The van der Waals surface area contributed by atoms with Crippen molar-refractivity contribution in [2.24, 2.45) is 0 Å². The first kappa shape index (κ1) is 15.9. The summed E-state index contributed by atoms with van der Waals surface area (Å²) in [6.45, 7) is 4.09. The van der Waals surface area contributed by atoms with E-state index in [1.807, 2.05) is 4.90 Å². The Labute approximate surface area is 148 Å². The molecule has 0 aromatic heterocycles. The largest absolute Gasteiger partial charge is 0.306 e. The van der Waals surface area contributed by atoms with Gasteiger partial charge in [-0.3, -0.25) is 4.79 Å². The number of benzene rings is 2. The van der Waals surface area contributed by atoms with E-state index in [1.54, 1.807) is 24.3 Å². The Morgan fingerprint density at radius 2 is 1.96 bits per heavy atom. The van der Waals surface area contributed by atoms with E-state index in [9.17, 15) is 4.79 Å². The van der Waals surface area contributed by atoms with Gasteiger partial charge in [0, 0.05) is 29.8 Å². The second-order valence-corrected chi connectivity index (χ2v) is 7.15.